The van der Waals surface area contributed by atoms with Crippen LogP contribution in [-0.4, -0.2) is 28.1 Å². The van der Waals surface area contributed by atoms with E-state index in [0.29, 0.717) is 25.1 Å². The molecule has 0 aromatic heterocycles. The van der Waals surface area contributed by atoms with E-state index in [1.165, 1.54) is 0 Å². The molecule has 0 saturated heterocycles. The van der Waals surface area contributed by atoms with Gasteiger partial charge in [0.1, 0.15) is 0 Å². The maximum absolute atomic E-state index is 12.7. The van der Waals surface area contributed by atoms with Crippen LogP contribution in [-0.2, 0) is 16.2 Å². The normalized spacial score (nSPS) is 16.5. The Labute approximate surface area is 131 Å². The van der Waals surface area contributed by atoms with Crippen molar-refractivity contribution in [2.45, 2.75) is 17.5 Å². The van der Waals surface area contributed by atoms with E-state index in [1.54, 1.807) is 0 Å². The minimum absolute atomic E-state index is 0.0673. The van der Waals surface area contributed by atoms with Gasteiger partial charge < -0.3 is 5.32 Å². The lowest BCUT2D eigenvalue weighted by Crippen LogP contribution is -2.30. The molecule has 0 atom stereocenters. The third-order valence-electron chi connectivity index (χ3n) is 3.16. The van der Waals surface area contributed by atoms with Crippen molar-refractivity contribution in [1.29, 1.82) is 0 Å². The van der Waals surface area contributed by atoms with E-state index >= 15 is 0 Å². The first kappa shape index (κ1) is 17.3. The summed E-state index contributed by atoms with van der Waals surface area (Å²) in [7, 11) is -4.06. The molecule has 1 aromatic carbocycles. The van der Waals surface area contributed by atoms with E-state index in [4.69, 9.17) is 11.6 Å². The molecule has 122 valence electrons. The van der Waals surface area contributed by atoms with Crippen molar-refractivity contribution in [3.63, 3.8) is 0 Å². The summed E-state index contributed by atoms with van der Waals surface area (Å²) in [5.74, 6) is 0. The smallest absolute Gasteiger partial charge is 0.313 e. The van der Waals surface area contributed by atoms with Crippen molar-refractivity contribution in [3.05, 3.63) is 40.4 Å². The predicted molar refractivity (Wildman–Crippen MR) is 77.2 cm³/mol. The molecule has 1 aliphatic rings. The van der Waals surface area contributed by atoms with Crippen molar-refractivity contribution in [3.8, 4) is 0 Å². The van der Waals surface area contributed by atoms with Crippen LogP contribution in [0.5, 0.6) is 0 Å². The van der Waals surface area contributed by atoms with Crippen molar-refractivity contribution in [1.82, 2.24) is 10.0 Å². The molecule has 2 N–H and O–H groups in total. The van der Waals surface area contributed by atoms with Crippen LogP contribution < -0.4 is 10.0 Å². The number of rotatable bonds is 4. The lowest BCUT2D eigenvalue weighted by atomic mass is 10.1. The molecule has 0 fully saturated rings. The zero-order valence-electron chi connectivity index (χ0n) is 11.4. The number of alkyl halides is 3. The molecule has 9 heteroatoms. The Morgan fingerprint density at radius 3 is 2.59 bits per heavy atom. The molecule has 1 aliphatic heterocycles. The maximum Gasteiger partial charge on any atom is 0.416 e. The SMILES string of the molecule is O=S(=O)(NCC1=CCNCC1)c1cc(Cl)cc(C(F)(F)F)c1. The fraction of sp³-hybridized carbons (Fsp3) is 0.385. The summed E-state index contributed by atoms with van der Waals surface area (Å²) in [5.41, 5.74) is -0.207. The molecule has 0 amide bonds. The van der Waals surface area contributed by atoms with Gasteiger partial charge >= 0.3 is 6.18 Å². The van der Waals surface area contributed by atoms with Crippen LogP contribution in [0.2, 0.25) is 5.02 Å². The van der Waals surface area contributed by atoms with Crippen LogP contribution in [0.4, 0.5) is 13.2 Å². The fourth-order valence-electron chi connectivity index (χ4n) is 1.98. The number of halogens is 4. The first-order valence-corrected chi connectivity index (χ1v) is 8.31. The minimum Gasteiger partial charge on any atom is -0.313 e. The summed E-state index contributed by atoms with van der Waals surface area (Å²) < 4.78 is 64.7. The van der Waals surface area contributed by atoms with E-state index in [2.05, 4.69) is 10.0 Å². The first-order valence-electron chi connectivity index (χ1n) is 6.44. The average molecular weight is 355 g/mol. The lowest BCUT2D eigenvalue weighted by Gasteiger charge is -2.15. The molecule has 0 aliphatic carbocycles. The summed E-state index contributed by atoms with van der Waals surface area (Å²) in [6.45, 7) is 1.45. The molecule has 22 heavy (non-hydrogen) atoms. The highest BCUT2D eigenvalue weighted by atomic mass is 35.5. The average Bonchev–Trinajstić information content (AvgIpc) is 2.45. The van der Waals surface area contributed by atoms with Gasteiger partial charge in [0.05, 0.1) is 10.5 Å². The molecule has 0 saturated carbocycles. The molecular weight excluding hydrogens is 341 g/mol. The third-order valence-corrected chi connectivity index (χ3v) is 4.76. The van der Waals surface area contributed by atoms with E-state index in [1.807, 2.05) is 6.08 Å². The van der Waals surface area contributed by atoms with E-state index in [-0.39, 0.29) is 11.6 Å². The highest BCUT2D eigenvalue weighted by Gasteiger charge is 2.32. The molecule has 1 heterocycles. The Balaban J connectivity index is 2.22. The molecule has 2 rings (SSSR count). The summed E-state index contributed by atoms with van der Waals surface area (Å²) in [6, 6.07) is 2.26. The molecule has 1 aromatic rings. The van der Waals surface area contributed by atoms with Crippen LogP contribution in [0.25, 0.3) is 0 Å². The number of benzene rings is 1. The molecule has 0 spiro atoms. The second-order valence-corrected chi connectivity index (χ2v) is 7.02. The molecular formula is C13H14ClF3N2O2S. The maximum atomic E-state index is 12.7. The van der Waals surface area contributed by atoms with Crippen LogP contribution in [0.1, 0.15) is 12.0 Å². The van der Waals surface area contributed by atoms with E-state index in [9.17, 15) is 21.6 Å². The van der Waals surface area contributed by atoms with Crippen molar-refractivity contribution in [2.24, 2.45) is 0 Å². The van der Waals surface area contributed by atoms with Gasteiger partial charge in [-0.25, -0.2) is 13.1 Å². The van der Waals surface area contributed by atoms with Crippen LogP contribution in [0.15, 0.2) is 34.7 Å². The highest BCUT2D eigenvalue weighted by molar-refractivity contribution is 7.89. The van der Waals surface area contributed by atoms with Gasteiger partial charge in [0.2, 0.25) is 10.0 Å². The Bertz CT molecular complexity index is 687. The van der Waals surface area contributed by atoms with Crippen molar-refractivity contribution < 1.29 is 21.6 Å². The van der Waals surface area contributed by atoms with Gasteiger partial charge in [0, 0.05) is 18.1 Å². The Kier molecular flexibility index (Phi) is 5.16. The van der Waals surface area contributed by atoms with Gasteiger partial charge in [0.15, 0.2) is 0 Å². The van der Waals surface area contributed by atoms with Gasteiger partial charge in [-0.05, 0) is 31.2 Å². The molecule has 0 unspecified atom stereocenters. The second-order valence-electron chi connectivity index (χ2n) is 4.81. The number of hydrogen-bond acceptors (Lipinski definition) is 3. The minimum atomic E-state index is -4.66. The van der Waals surface area contributed by atoms with Crippen LogP contribution in [0, 0.1) is 0 Å². The monoisotopic (exact) mass is 354 g/mol. The largest absolute Gasteiger partial charge is 0.416 e. The Hall–Kier alpha value is -1.09. The third kappa shape index (κ3) is 4.45. The first-order chi connectivity index (χ1) is 10.2. The van der Waals surface area contributed by atoms with Crippen molar-refractivity contribution >= 4 is 21.6 Å². The number of hydrogen-bond donors (Lipinski definition) is 2. The van der Waals surface area contributed by atoms with Gasteiger partial charge in [-0.15, -0.1) is 0 Å². The number of sulfonamides is 1. The van der Waals surface area contributed by atoms with Gasteiger partial charge in [-0.3, -0.25) is 0 Å². The van der Waals surface area contributed by atoms with E-state index in [0.717, 1.165) is 18.2 Å². The van der Waals surface area contributed by atoms with Crippen molar-refractivity contribution in [2.75, 3.05) is 19.6 Å². The Morgan fingerprint density at radius 2 is 2.00 bits per heavy atom. The topological polar surface area (TPSA) is 58.2 Å². The standard InChI is InChI=1S/C13H14ClF3N2O2S/c14-11-5-10(13(15,16)17)6-12(7-11)22(20,21)19-8-9-1-3-18-4-2-9/h1,5-7,18-19H,2-4,8H2. The van der Waals surface area contributed by atoms with Gasteiger partial charge in [-0.2, -0.15) is 13.2 Å². The predicted octanol–water partition coefficient (Wildman–Crippen LogP) is 2.56. The molecule has 0 radical (unpaired) electrons. The molecule has 4 nitrogen and oxygen atoms in total. The van der Waals surface area contributed by atoms with E-state index < -0.39 is 26.7 Å². The quantitative estimate of drug-likeness (QED) is 0.817. The summed E-state index contributed by atoms with van der Waals surface area (Å²) >= 11 is 5.60. The summed E-state index contributed by atoms with van der Waals surface area (Å²) in [5, 5.41) is 2.80. The zero-order valence-corrected chi connectivity index (χ0v) is 12.9. The summed E-state index contributed by atoms with van der Waals surface area (Å²) in [4.78, 5) is -0.498. The van der Waals surface area contributed by atoms with Gasteiger partial charge in [0.25, 0.3) is 0 Å². The Morgan fingerprint density at radius 1 is 1.27 bits per heavy atom. The summed E-state index contributed by atoms with van der Waals surface area (Å²) in [6.07, 6.45) is -2.12. The lowest BCUT2D eigenvalue weighted by molar-refractivity contribution is -0.137. The number of nitrogens with one attached hydrogen (secondary N) is 2. The van der Waals surface area contributed by atoms with Crippen LogP contribution in [0.3, 0.4) is 0 Å². The highest BCUT2D eigenvalue weighted by Crippen LogP contribution is 2.32. The zero-order chi connectivity index (χ0) is 16.4. The van der Waals surface area contributed by atoms with Gasteiger partial charge in [-0.1, -0.05) is 23.3 Å². The fourth-order valence-corrected chi connectivity index (χ4v) is 3.39. The van der Waals surface area contributed by atoms with Crippen LogP contribution >= 0.6 is 11.6 Å². The second kappa shape index (κ2) is 6.57. The molecule has 0 bridgehead atoms.